The highest BCUT2D eigenvalue weighted by atomic mass is 35.5. The molecule has 0 aliphatic rings. The molecule has 1 heterocycles. The number of carbonyl (C=O) groups excluding carboxylic acids is 1. The number of amides is 1. The van der Waals surface area contributed by atoms with Gasteiger partial charge in [0.05, 0.1) is 0 Å². The monoisotopic (exact) mass is 191 g/mol. The van der Waals surface area contributed by atoms with Crippen LogP contribution < -0.4 is 5.32 Å². The van der Waals surface area contributed by atoms with Crippen LogP contribution in [-0.4, -0.2) is 19.1 Å². The lowest BCUT2D eigenvalue weighted by atomic mass is 10.4. The Balaban J connectivity index is 2.53. The summed E-state index contributed by atoms with van der Waals surface area (Å²) in [5, 5.41) is 2.43. The first kappa shape index (κ1) is 9.06. The second kappa shape index (κ2) is 4.11. The van der Waals surface area contributed by atoms with Gasteiger partial charge in [-0.1, -0.05) is 0 Å². The molecule has 1 N–H and O–H groups in total. The SMILES string of the molecule is O=C(NCCF)c1ccc(Cl)o1. The van der Waals surface area contributed by atoms with Gasteiger partial charge in [-0.2, -0.15) is 0 Å². The van der Waals surface area contributed by atoms with Crippen molar-refractivity contribution in [1.82, 2.24) is 5.32 Å². The van der Waals surface area contributed by atoms with Crippen LogP contribution in [0.5, 0.6) is 0 Å². The zero-order valence-corrected chi connectivity index (χ0v) is 6.90. The zero-order chi connectivity index (χ0) is 8.97. The molecule has 3 nitrogen and oxygen atoms in total. The molecular formula is C7H7ClFNO2. The Hall–Kier alpha value is -1.03. The number of carbonyl (C=O) groups is 1. The van der Waals surface area contributed by atoms with Gasteiger partial charge in [0.25, 0.3) is 5.91 Å². The van der Waals surface area contributed by atoms with E-state index < -0.39 is 12.6 Å². The third-order valence-corrected chi connectivity index (χ3v) is 1.38. The molecule has 0 bridgehead atoms. The third kappa shape index (κ3) is 2.23. The molecule has 0 aliphatic carbocycles. The van der Waals surface area contributed by atoms with Crippen LogP contribution in [0.3, 0.4) is 0 Å². The zero-order valence-electron chi connectivity index (χ0n) is 6.14. The van der Waals surface area contributed by atoms with E-state index in [1.807, 2.05) is 0 Å². The lowest BCUT2D eigenvalue weighted by Crippen LogP contribution is -2.24. The molecule has 0 spiro atoms. The Morgan fingerprint density at radius 2 is 2.42 bits per heavy atom. The highest BCUT2D eigenvalue weighted by molar-refractivity contribution is 6.29. The van der Waals surface area contributed by atoms with Crippen LogP contribution in [0.25, 0.3) is 0 Å². The molecule has 1 rings (SSSR count). The minimum absolute atomic E-state index is 0.0167. The first-order valence-corrected chi connectivity index (χ1v) is 3.71. The van der Waals surface area contributed by atoms with Crippen molar-refractivity contribution in [3.63, 3.8) is 0 Å². The minimum Gasteiger partial charge on any atom is -0.440 e. The van der Waals surface area contributed by atoms with Gasteiger partial charge >= 0.3 is 0 Å². The van der Waals surface area contributed by atoms with Crippen LogP contribution in [-0.2, 0) is 0 Å². The predicted molar refractivity (Wildman–Crippen MR) is 42.0 cm³/mol. The fourth-order valence-corrected chi connectivity index (χ4v) is 0.830. The average Bonchev–Trinajstić information content (AvgIpc) is 2.47. The summed E-state index contributed by atoms with van der Waals surface area (Å²) >= 11 is 5.42. The van der Waals surface area contributed by atoms with Gasteiger partial charge in [0.2, 0.25) is 0 Å². The number of halogens is 2. The Kier molecular flexibility index (Phi) is 3.10. The Morgan fingerprint density at radius 1 is 1.67 bits per heavy atom. The molecular weight excluding hydrogens is 185 g/mol. The number of nitrogens with one attached hydrogen (secondary N) is 1. The van der Waals surface area contributed by atoms with Crippen LogP contribution in [0.2, 0.25) is 5.22 Å². The molecule has 0 atom stereocenters. The largest absolute Gasteiger partial charge is 0.440 e. The Labute approximate surface area is 73.5 Å². The van der Waals surface area contributed by atoms with Crippen molar-refractivity contribution in [3.05, 3.63) is 23.1 Å². The maximum Gasteiger partial charge on any atom is 0.287 e. The van der Waals surface area contributed by atoms with E-state index in [4.69, 9.17) is 16.0 Å². The molecule has 66 valence electrons. The van der Waals surface area contributed by atoms with Gasteiger partial charge in [-0.15, -0.1) is 0 Å². The van der Waals surface area contributed by atoms with Crippen LogP contribution in [0, 0.1) is 0 Å². The molecule has 0 unspecified atom stereocenters. The molecule has 0 radical (unpaired) electrons. The predicted octanol–water partition coefficient (Wildman–Crippen LogP) is 1.63. The van der Waals surface area contributed by atoms with Crippen LogP contribution in [0.4, 0.5) is 4.39 Å². The summed E-state index contributed by atoms with van der Waals surface area (Å²) in [6, 6.07) is 2.88. The molecule has 0 fully saturated rings. The third-order valence-electron chi connectivity index (χ3n) is 1.18. The van der Waals surface area contributed by atoms with Crippen molar-refractivity contribution in [3.8, 4) is 0 Å². The van der Waals surface area contributed by atoms with Crippen molar-refractivity contribution >= 4 is 17.5 Å². The molecule has 0 aliphatic heterocycles. The van der Waals surface area contributed by atoms with E-state index >= 15 is 0 Å². The van der Waals surface area contributed by atoms with Crippen molar-refractivity contribution in [2.24, 2.45) is 0 Å². The van der Waals surface area contributed by atoms with E-state index in [2.05, 4.69) is 5.32 Å². The van der Waals surface area contributed by atoms with Gasteiger partial charge in [0.15, 0.2) is 11.0 Å². The lowest BCUT2D eigenvalue weighted by Gasteiger charge is -1.97. The lowest BCUT2D eigenvalue weighted by molar-refractivity contribution is 0.0923. The molecule has 1 aromatic rings. The number of alkyl halides is 1. The van der Waals surface area contributed by atoms with E-state index in [1.165, 1.54) is 12.1 Å². The highest BCUT2D eigenvalue weighted by Crippen LogP contribution is 2.12. The van der Waals surface area contributed by atoms with E-state index in [0.717, 1.165) is 0 Å². The standard InChI is InChI=1S/C7H7ClFNO2/c8-6-2-1-5(12-6)7(11)10-4-3-9/h1-2H,3-4H2,(H,10,11). The van der Waals surface area contributed by atoms with E-state index in [9.17, 15) is 9.18 Å². The molecule has 0 saturated heterocycles. The first-order chi connectivity index (χ1) is 5.74. The smallest absolute Gasteiger partial charge is 0.287 e. The fourth-order valence-electron chi connectivity index (χ4n) is 0.684. The van der Waals surface area contributed by atoms with Crippen molar-refractivity contribution in [1.29, 1.82) is 0 Å². The van der Waals surface area contributed by atoms with Crippen LogP contribution >= 0.6 is 11.6 Å². The summed E-state index contributed by atoms with van der Waals surface area (Å²) in [6.45, 7) is -0.614. The summed E-state index contributed by atoms with van der Waals surface area (Å²) in [5.41, 5.74) is 0. The van der Waals surface area contributed by atoms with Gasteiger partial charge < -0.3 is 9.73 Å². The number of hydrogen-bond acceptors (Lipinski definition) is 2. The minimum atomic E-state index is -0.597. The first-order valence-electron chi connectivity index (χ1n) is 3.33. The van der Waals surface area contributed by atoms with Gasteiger partial charge in [-0.3, -0.25) is 4.79 Å². The molecule has 1 aromatic heterocycles. The molecule has 0 aromatic carbocycles. The van der Waals surface area contributed by atoms with Crippen molar-refractivity contribution in [2.45, 2.75) is 0 Å². The summed E-state index contributed by atoms with van der Waals surface area (Å²) in [4.78, 5) is 11.0. The summed E-state index contributed by atoms with van der Waals surface area (Å²) < 4.78 is 16.4. The maximum atomic E-state index is 11.6. The Morgan fingerprint density at radius 3 is 2.92 bits per heavy atom. The normalized spacial score (nSPS) is 9.83. The van der Waals surface area contributed by atoms with Crippen molar-refractivity contribution in [2.75, 3.05) is 13.2 Å². The Bertz CT molecular complexity index is 274. The van der Waals surface area contributed by atoms with Gasteiger partial charge in [-0.05, 0) is 23.7 Å². The maximum absolute atomic E-state index is 11.6. The molecule has 5 heteroatoms. The highest BCUT2D eigenvalue weighted by Gasteiger charge is 2.08. The van der Waals surface area contributed by atoms with E-state index in [1.54, 1.807) is 0 Å². The van der Waals surface area contributed by atoms with Gasteiger partial charge in [0, 0.05) is 6.54 Å². The number of furan rings is 1. The molecule has 0 saturated carbocycles. The summed E-state index contributed by atoms with van der Waals surface area (Å²) in [6.07, 6.45) is 0. The van der Waals surface area contributed by atoms with Crippen LogP contribution in [0.1, 0.15) is 10.6 Å². The molecule has 12 heavy (non-hydrogen) atoms. The van der Waals surface area contributed by atoms with E-state index in [-0.39, 0.29) is 17.5 Å². The quantitative estimate of drug-likeness (QED) is 0.789. The second-order valence-corrected chi connectivity index (χ2v) is 2.42. The summed E-state index contributed by atoms with van der Waals surface area (Å²) in [7, 11) is 0. The fraction of sp³-hybridized carbons (Fsp3) is 0.286. The second-order valence-electron chi connectivity index (χ2n) is 2.05. The number of hydrogen-bond donors (Lipinski definition) is 1. The van der Waals surface area contributed by atoms with Gasteiger partial charge in [0.1, 0.15) is 6.67 Å². The topological polar surface area (TPSA) is 42.2 Å². The van der Waals surface area contributed by atoms with Crippen LogP contribution in [0.15, 0.2) is 16.5 Å². The average molecular weight is 192 g/mol. The molecule has 1 amide bonds. The van der Waals surface area contributed by atoms with Crippen molar-refractivity contribution < 1.29 is 13.6 Å². The van der Waals surface area contributed by atoms with Gasteiger partial charge in [-0.25, -0.2) is 4.39 Å². The summed E-state index contributed by atoms with van der Waals surface area (Å²) in [5.74, 6) is -0.368. The van der Waals surface area contributed by atoms with E-state index in [0.29, 0.717) is 0 Å². The number of rotatable bonds is 3.